The Labute approximate surface area is 153 Å². The molecule has 25 heavy (non-hydrogen) atoms. The fourth-order valence-corrected chi connectivity index (χ4v) is 7.45. The lowest BCUT2D eigenvalue weighted by Gasteiger charge is -2.32. The van der Waals surface area contributed by atoms with E-state index in [2.05, 4.69) is 27.7 Å². The molecule has 0 spiro atoms. The van der Waals surface area contributed by atoms with Gasteiger partial charge in [0.05, 0.1) is 0 Å². The summed E-state index contributed by atoms with van der Waals surface area (Å²) in [5.41, 5.74) is 0. The van der Waals surface area contributed by atoms with Gasteiger partial charge in [-0.05, 0) is 24.7 Å². The number of rotatable bonds is 13. The summed E-state index contributed by atoms with van der Waals surface area (Å²) in [6.07, 6.45) is 11.9. The third-order valence-electron chi connectivity index (χ3n) is 5.32. The highest BCUT2D eigenvalue weighted by molar-refractivity contribution is 7.63. The van der Waals surface area contributed by atoms with Crippen LogP contribution in [-0.4, -0.2) is 28.8 Å². The maximum Gasteiger partial charge on any atom is 0.259 e. The van der Waals surface area contributed by atoms with Crippen molar-refractivity contribution in [2.24, 2.45) is 11.8 Å². The first-order valence-electron chi connectivity index (χ1n) is 10.1. The molecule has 0 N–H and O–H groups in total. The first-order valence-corrected chi connectivity index (χ1v) is 12.1. The largest absolute Gasteiger partial charge is 0.300 e. The van der Waals surface area contributed by atoms with Crippen LogP contribution in [0.25, 0.3) is 0 Å². The van der Waals surface area contributed by atoms with E-state index in [0.717, 1.165) is 56.0 Å². The van der Waals surface area contributed by atoms with Crippen molar-refractivity contribution in [2.75, 3.05) is 12.3 Å². The van der Waals surface area contributed by atoms with Gasteiger partial charge in [-0.15, -0.1) is 0 Å². The Morgan fingerprint density at radius 2 is 1.24 bits per heavy atom. The molecule has 1 rings (SSSR count). The number of unbranched alkanes of at least 4 members (excludes halogenated alkanes) is 2. The number of hydrogen-bond donors (Lipinski definition) is 0. The first kappa shape index (κ1) is 22.2. The Morgan fingerprint density at radius 3 is 1.56 bits per heavy atom. The summed E-state index contributed by atoms with van der Waals surface area (Å²) >= 11 is 0. The number of imide groups is 1. The zero-order valence-electron chi connectivity index (χ0n) is 16.5. The number of amides is 2. The SMILES string of the molecule is CCCCC(CC)CP(=O)(CC(CC)CCCC)N1C(=O)C=CC1=O. The van der Waals surface area contributed by atoms with Crippen LogP contribution in [0, 0.1) is 11.8 Å². The average molecular weight is 369 g/mol. The molecule has 0 aromatic heterocycles. The predicted molar refractivity (Wildman–Crippen MR) is 105 cm³/mol. The third kappa shape index (κ3) is 6.40. The van der Waals surface area contributed by atoms with Crippen molar-refractivity contribution in [3.8, 4) is 0 Å². The fourth-order valence-electron chi connectivity index (χ4n) is 3.63. The Hall–Kier alpha value is -0.890. The van der Waals surface area contributed by atoms with Crippen molar-refractivity contribution in [1.29, 1.82) is 0 Å². The maximum atomic E-state index is 13.9. The number of carbonyl (C=O) groups is 2. The van der Waals surface area contributed by atoms with Crippen LogP contribution in [0.5, 0.6) is 0 Å². The first-order chi connectivity index (χ1) is 11.9. The zero-order chi connectivity index (χ0) is 18.9. The van der Waals surface area contributed by atoms with Gasteiger partial charge < -0.3 is 0 Å². The highest BCUT2D eigenvalue weighted by Crippen LogP contribution is 2.55. The fraction of sp³-hybridized carbons (Fsp3) is 0.800. The van der Waals surface area contributed by atoms with E-state index >= 15 is 0 Å². The Kier molecular flexibility index (Phi) is 9.71. The van der Waals surface area contributed by atoms with Gasteiger partial charge in [0.2, 0.25) is 0 Å². The van der Waals surface area contributed by atoms with Crippen molar-refractivity contribution in [3.05, 3.63) is 12.2 Å². The van der Waals surface area contributed by atoms with Crippen LogP contribution in [0.1, 0.15) is 79.1 Å². The highest BCUT2D eigenvalue weighted by atomic mass is 31.2. The maximum absolute atomic E-state index is 13.9. The van der Waals surface area contributed by atoms with E-state index in [4.69, 9.17) is 0 Å². The van der Waals surface area contributed by atoms with Crippen LogP contribution < -0.4 is 0 Å². The standard InChI is InChI=1S/C20H36NO3P/c1-5-9-11-17(7-3)15-25(24,16-18(8-4)12-10-6-2)21-19(22)13-14-20(21)23/h13-14,17-18H,5-12,15-16H2,1-4H3. The minimum absolute atomic E-state index is 0.315. The van der Waals surface area contributed by atoms with Gasteiger partial charge in [-0.25, -0.2) is 4.67 Å². The third-order valence-corrected chi connectivity index (χ3v) is 8.62. The number of nitrogens with zero attached hydrogens (tertiary/aromatic N) is 1. The monoisotopic (exact) mass is 369 g/mol. The van der Waals surface area contributed by atoms with Crippen LogP contribution in [0.3, 0.4) is 0 Å². The molecule has 0 aliphatic carbocycles. The summed E-state index contributed by atoms with van der Waals surface area (Å²) in [5.74, 6) is -0.139. The summed E-state index contributed by atoms with van der Waals surface area (Å²) in [7, 11) is -3.03. The van der Waals surface area contributed by atoms with E-state index in [9.17, 15) is 14.2 Å². The van der Waals surface area contributed by atoms with Gasteiger partial charge in [0.25, 0.3) is 11.8 Å². The summed E-state index contributed by atoms with van der Waals surface area (Å²) < 4.78 is 15.1. The molecule has 0 bridgehead atoms. The minimum Gasteiger partial charge on any atom is -0.300 e. The van der Waals surface area contributed by atoms with Gasteiger partial charge in [-0.3, -0.25) is 14.2 Å². The van der Waals surface area contributed by atoms with Crippen molar-refractivity contribution in [3.63, 3.8) is 0 Å². The molecule has 1 aliphatic heterocycles. The summed E-state index contributed by atoms with van der Waals surface area (Å²) in [6, 6.07) is 0. The zero-order valence-corrected chi connectivity index (χ0v) is 17.4. The van der Waals surface area contributed by atoms with Crippen LogP contribution in [0.15, 0.2) is 12.2 Å². The highest BCUT2D eigenvalue weighted by Gasteiger charge is 2.42. The van der Waals surface area contributed by atoms with Gasteiger partial charge in [0, 0.05) is 24.5 Å². The molecule has 0 fully saturated rings. The van der Waals surface area contributed by atoms with Crippen LogP contribution >= 0.6 is 7.29 Å². The van der Waals surface area contributed by atoms with Gasteiger partial charge in [-0.1, -0.05) is 66.2 Å². The second-order valence-electron chi connectivity index (χ2n) is 7.37. The number of carbonyl (C=O) groups excluding carboxylic acids is 2. The van der Waals surface area contributed by atoms with E-state index in [0.29, 0.717) is 24.2 Å². The van der Waals surface area contributed by atoms with Crippen LogP contribution in [0.2, 0.25) is 0 Å². The predicted octanol–water partition coefficient (Wildman–Crippen LogP) is 5.62. The number of hydrogen-bond acceptors (Lipinski definition) is 3. The Morgan fingerprint density at radius 1 is 0.840 bits per heavy atom. The van der Waals surface area contributed by atoms with Gasteiger partial charge >= 0.3 is 0 Å². The van der Waals surface area contributed by atoms with Crippen molar-refractivity contribution in [1.82, 2.24) is 4.67 Å². The van der Waals surface area contributed by atoms with Crippen LogP contribution in [-0.2, 0) is 14.2 Å². The molecule has 2 amide bonds. The van der Waals surface area contributed by atoms with E-state index in [-0.39, 0.29) is 11.8 Å². The lowest BCUT2D eigenvalue weighted by molar-refractivity contribution is -0.131. The van der Waals surface area contributed by atoms with Crippen molar-refractivity contribution >= 4 is 19.1 Å². The minimum atomic E-state index is -3.03. The molecule has 0 saturated heterocycles. The topological polar surface area (TPSA) is 54.5 Å². The smallest absolute Gasteiger partial charge is 0.259 e. The summed E-state index contributed by atoms with van der Waals surface area (Å²) in [6.45, 7) is 8.54. The van der Waals surface area contributed by atoms with Gasteiger partial charge in [-0.2, -0.15) is 0 Å². The van der Waals surface area contributed by atoms with Gasteiger partial charge in [0.1, 0.15) is 0 Å². The molecule has 0 aromatic rings. The summed E-state index contributed by atoms with van der Waals surface area (Å²) in [4.78, 5) is 24.5. The molecule has 2 atom stereocenters. The Bertz CT molecular complexity index is 475. The second kappa shape index (κ2) is 11.0. The average Bonchev–Trinajstić information content (AvgIpc) is 2.94. The van der Waals surface area contributed by atoms with E-state index in [1.54, 1.807) is 0 Å². The molecular formula is C20H36NO3P. The molecule has 0 saturated carbocycles. The molecule has 1 heterocycles. The summed E-state index contributed by atoms with van der Waals surface area (Å²) in [5, 5.41) is 0. The molecule has 5 heteroatoms. The van der Waals surface area contributed by atoms with Crippen molar-refractivity contribution in [2.45, 2.75) is 79.1 Å². The second-order valence-corrected chi connectivity index (χ2v) is 10.2. The van der Waals surface area contributed by atoms with E-state index in [1.165, 1.54) is 12.2 Å². The van der Waals surface area contributed by atoms with E-state index < -0.39 is 7.29 Å². The molecule has 0 radical (unpaired) electrons. The molecular weight excluding hydrogens is 333 g/mol. The molecule has 4 nitrogen and oxygen atoms in total. The molecule has 2 unspecified atom stereocenters. The van der Waals surface area contributed by atoms with E-state index in [1.807, 2.05) is 0 Å². The molecule has 144 valence electrons. The lowest BCUT2D eigenvalue weighted by Crippen LogP contribution is -2.32. The van der Waals surface area contributed by atoms with Gasteiger partial charge in [0.15, 0.2) is 7.29 Å². The molecule has 1 aliphatic rings. The Balaban J connectivity index is 3.01. The van der Waals surface area contributed by atoms with Crippen molar-refractivity contribution < 1.29 is 14.2 Å². The lowest BCUT2D eigenvalue weighted by atomic mass is 10.0. The molecule has 0 aromatic carbocycles. The van der Waals surface area contributed by atoms with Crippen LogP contribution in [0.4, 0.5) is 0 Å². The quantitative estimate of drug-likeness (QED) is 0.313. The normalized spacial score (nSPS) is 19.3.